The van der Waals surface area contributed by atoms with Crippen LogP contribution in [-0.4, -0.2) is 27.7 Å². The maximum Gasteiger partial charge on any atom is 0.219 e. The van der Waals surface area contributed by atoms with Gasteiger partial charge in [0.2, 0.25) is 5.13 Å². The highest BCUT2D eigenvalue weighted by molar-refractivity contribution is 7.15. The molecule has 3 N–H and O–H groups in total. The van der Waals surface area contributed by atoms with Crippen molar-refractivity contribution in [3.63, 3.8) is 0 Å². The standard InChI is InChI=1S/C9H19N5S/c1-4-5-14(7(2)3)6-8-12-13-9(11-10)15-8/h7H,4-6,10H2,1-3H3,(H,11,13). The summed E-state index contributed by atoms with van der Waals surface area (Å²) in [7, 11) is 0. The van der Waals surface area contributed by atoms with Crippen molar-refractivity contribution in [1.29, 1.82) is 0 Å². The number of hydrazine groups is 1. The first kappa shape index (κ1) is 12.4. The maximum atomic E-state index is 5.26. The van der Waals surface area contributed by atoms with Crippen molar-refractivity contribution in [3.8, 4) is 0 Å². The molecule has 0 atom stereocenters. The summed E-state index contributed by atoms with van der Waals surface area (Å²) in [6.07, 6.45) is 1.15. The average Bonchev–Trinajstić information content (AvgIpc) is 2.65. The number of hydrogen-bond donors (Lipinski definition) is 2. The van der Waals surface area contributed by atoms with E-state index in [-0.39, 0.29) is 0 Å². The van der Waals surface area contributed by atoms with Gasteiger partial charge >= 0.3 is 0 Å². The Balaban J connectivity index is 2.57. The van der Waals surface area contributed by atoms with E-state index >= 15 is 0 Å². The van der Waals surface area contributed by atoms with E-state index < -0.39 is 0 Å². The first-order chi connectivity index (χ1) is 7.17. The van der Waals surface area contributed by atoms with Gasteiger partial charge in [-0.05, 0) is 26.8 Å². The quantitative estimate of drug-likeness (QED) is 0.571. The van der Waals surface area contributed by atoms with E-state index in [0.717, 1.165) is 24.5 Å². The van der Waals surface area contributed by atoms with Crippen LogP contribution < -0.4 is 11.3 Å². The molecule has 0 spiro atoms. The molecule has 0 saturated heterocycles. The fraction of sp³-hybridized carbons (Fsp3) is 0.778. The van der Waals surface area contributed by atoms with Crippen molar-refractivity contribution in [3.05, 3.63) is 5.01 Å². The minimum atomic E-state index is 0.531. The fourth-order valence-electron chi connectivity index (χ4n) is 1.36. The minimum absolute atomic E-state index is 0.531. The Morgan fingerprint density at radius 3 is 2.67 bits per heavy atom. The summed E-state index contributed by atoms with van der Waals surface area (Å²) < 4.78 is 0. The van der Waals surface area contributed by atoms with E-state index in [1.807, 2.05) is 0 Å². The van der Waals surface area contributed by atoms with Gasteiger partial charge in [0, 0.05) is 6.04 Å². The summed E-state index contributed by atoms with van der Waals surface area (Å²) in [5, 5.41) is 9.66. The van der Waals surface area contributed by atoms with Gasteiger partial charge < -0.3 is 0 Å². The van der Waals surface area contributed by atoms with E-state index in [2.05, 4.69) is 41.3 Å². The lowest BCUT2D eigenvalue weighted by atomic mass is 10.3. The molecule has 1 heterocycles. The van der Waals surface area contributed by atoms with Crippen molar-refractivity contribution < 1.29 is 0 Å². The van der Waals surface area contributed by atoms with E-state index in [0.29, 0.717) is 11.2 Å². The molecule has 1 aromatic heterocycles. The molecule has 86 valence electrons. The molecular formula is C9H19N5S. The number of aromatic nitrogens is 2. The average molecular weight is 229 g/mol. The first-order valence-electron chi connectivity index (χ1n) is 5.20. The first-order valence-corrected chi connectivity index (χ1v) is 6.02. The van der Waals surface area contributed by atoms with Gasteiger partial charge in [0.1, 0.15) is 5.01 Å². The summed E-state index contributed by atoms with van der Waals surface area (Å²) in [6, 6.07) is 0.531. The predicted molar refractivity (Wildman–Crippen MR) is 63.6 cm³/mol. The highest BCUT2D eigenvalue weighted by atomic mass is 32.1. The molecular weight excluding hydrogens is 210 g/mol. The Hall–Kier alpha value is -0.720. The van der Waals surface area contributed by atoms with Gasteiger partial charge in [-0.15, -0.1) is 10.2 Å². The fourth-order valence-corrected chi connectivity index (χ4v) is 2.03. The van der Waals surface area contributed by atoms with Gasteiger partial charge in [-0.2, -0.15) is 0 Å². The molecule has 6 heteroatoms. The van der Waals surface area contributed by atoms with Gasteiger partial charge in [-0.1, -0.05) is 18.3 Å². The van der Waals surface area contributed by atoms with Crippen LogP contribution in [0, 0.1) is 0 Å². The molecule has 0 aliphatic rings. The maximum absolute atomic E-state index is 5.26. The zero-order valence-electron chi connectivity index (χ0n) is 9.53. The second-order valence-corrected chi connectivity index (χ2v) is 4.77. The third-order valence-corrected chi connectivity index (χ3v) is 3.01. The lowest BCUT2D eigenvalue weighted by Gasteiger charge is -2.24. The zero-order valence-corrected chi connectivity index (χ0v) is 10.3. The van der Waals surface area contributed by atoms with E-state index in [1.54, 1.807) is 0 Å². The van der Waals surface area contributed by atoms with Crippen LogP contribution in [0.25, 0.3) is 0 Å². The lowest BCUT2D eigenvalue weighted by Crippen LogP contribution is -2.30. The molecule has 0 amide bonds. The van der Waals surface area contributed by atoms with Crippen LogP contribution in [0.4, 0.5) is 5.13 Å². The topological polar surface area (TPSA) is 67.1 Å². The summed E-state index contributed by atoms with van der Waals surface area (Å²) in [6.45, 7) is 8.51. The van der Waals surface area contributed by atoms with Crippen molar-refractivity contribution in [2.75, 3.05) is 12.0 Å². The normalized spacial score (nSPS) is 11.3. The largest absolute Gasteiger partial charge is 0.298 e. The molecule has 1 rings (SSSR count). The highest BCUT2D eigenvalue weighted by Gasteiger charge is 2.12. The third kappa shape index (κ3) is 3.73. The summed E-state index contributed by atoms with van der Waals surface area (Å²) >= 11 is 1.50. The predicted octanol–water partition coefficient (Wildman–Crippen LogP) is 1.44. The van der Waals surface area contributed by atoms with Crippen molar-refractivity contribution in [1.82, 2.24) is 15.1 Å². The molecule has 0 saturated carbocycles. The van der Waals surface area contributed by atoms with Crippen LogP contribution in [0.2, 0.25) is 0 Å². The molecule has 0 fully saturated rings. The SMILES string of the molecule is CCCN(Cc1nnc(NN)s1)C(C)C. The number of anilines is 1. The zero-order chi connectivity index (χ0) is 11.3. The summed E-state index contributed by atoms with van der Waals surface area (Å²) in [4.78, 5) is 2.38. The Kier molecular flexibility index (Phi) is 4.93. The summed E-state index contributed by atoms with van der Waals surface area (Å²) in [5.41, 5.74) is 2.51. The lowest BCUT2D eigenvalue weighted by molar-refractivity contribution is 0.212. The Morgan fingerprint density at radius 1 is 1.47 bits per heavy atom. The van der Waals surface area contributed by atoms with E-state index in [4.69, 9.17) is 5.84 Å². The van der Waals surface area contributed by atoms with Crippen molar-refractivity contribution in [2.24, 2.45) is 5.84 Å². The van der Waals surface area contributed by atoms with Gasteiger partial charge in [-0.25, -0.2) is 5.84 Å². The van der Waals surface area contributed by atoms with Crippen LogP contribution in [0.1, 0.15) is 32.2 Å². The van der Waals surface area contributed by atoms with Gasteiger partial charge in [0.15, 0.2) is 0 Å². The molecule has 0 radical (unpaired) electrons. The summed E-state index contributed by atoms with van der Waals surface area (Å²) in [5.74, 6) is 5.26. The van der Waals surface area contributed by atoms with Crippen LogP contribution in [0.15, 0.2) is 0 Å². The molecule has 0 aliphatic carbocycles. The molecule has 0 unspecified atom stereocenters. The number of hydrogen-bond acceptors (Lipinski definition) is 6. The Bertz CT molecular complexity index is 286. The Labute approximate surface area is 94.7 Å². The minimum Gasteiger partial charge on any atom is -0.298 e. The van der Waals surface area contributed by atoms with E-state index in [9.17, 15) is 0 Å². The number of nitrogen functional groups attached to an aromatic ring is 1. The molecule has 5 nitrogen and oxygen atoms in total. The second kappa shape index (κ2) is 5.99. The molecule has 1 aromatic rings. The number of nitrogens with one attached hydrogen (secondary N) is 1. The van der Waals surface area contributed by atoms with Crippen LogP contribution in [0.5, 0.6) is 0 Å². The molecule has 0 aliphatic heterocycles. The number of nitrogens with zero attached hydrogens (tertiary/aromatic N) is 3. The van der Waals surface area contributed by atoms with Gasteiger partial charge in [-0.3, -0.25) is 10.3 Å². The highest BCUT2D eigenvalue weighted by Crippen LogP contribution is 2.16. The van der Waals surface area contributed by atoms with E-state index in [1.165, 1.54) is 11.3 Å². The van der Waals surface area contributed by atoms with Gasteiger partial charge in [0.05, 0.1) is 6.54 Å². The number of rotatable bonds is 6. The molecule has 0 bridgehead atoms. The van der Waals surface area contributed by atoms with Crippen LogP contribution in [0.3, 0.4) is 0 Å². The van der Waals surface area contributed by atoms with Crippen LogP contribution in [-0.2, 0) is 6.54 Å². The third-order valence-electron chi connectivity index (χ3n) is 2.17. The molecule has 0 aromatic carbocycles. The number of nitrogens with two attached hydrogens (primary N) is 1. The van der Waals surface area contributed by atoms with Crippen molar-refractivity contribution in [2.45, 2.75) is 39.8 Å². The Morgan fingerprint density at radius 2 is 2.20 bits per heavy atom. The molecule has 15 heavy (non-hydrogen) atoms. The van der Waals surface area contributed by atoms with Gasteiger partial charge in [0.25, 0.3) is 0 Å². The van der Waals surface area contributed by atoms with Crippen molar-refractivity contribution >= 4 is 16.5 Å². The smallest absolute Gasteiger partial charge is 0.219 e. The monoisotopic (exact) mass is 229 g/mol. The second-order valence-electron chi connectivity index (χ2n) is 3.71. The van der Waals surface area contributed by atoms with Crippen LogP contribution >= 0.6 is 11.3 Å².